The monoisotopic (exact) mass is 291 g/mol. The Bertz CT molecular complexity index is 793. The molecule has 4 rings (SSSR count). The van der Waals surface area contributed by atoms with Crippen molar-refractivity contribution in [3.05, 3.63) is 47.5 Å². The van der Waals surface area contributed by atoms with Gasteiger partial charge in [0.05, 0.1) is 11.6 Å². The van der Waals surface area contributed by atoms with E-state index in [1.165, 1.54) is 6.42 Å². The van der Waals surface area contributed by atoms with Crippen molar-refractivity contribution in [2.75, 3.05) is 0 Å². The van der Waals surface area contributed by atoms with Crippen molar-refractivity contribution in [2.24, 2.45) is 0 Å². The number of hydrogen-bond donors (Lipinski definition) is 2. The van der Waals surface area contributed by atoms with Gasteiger partial charge in [-0.15, -0.1) is 0 Å². The molecule has 2 aromatic carbocycles. The summed E-state index contributed by atoms with van der Waals surface area (Å²) >= 11 is 0. The minimum absolute atomic E-state index is 0.0472. The number of carbonyl (C=O) groups excluding carboxylic acids is 1. The van der Waals surface area contributed by atoms with Crippen LogP contribution in [0.3, 0.4) is 0 Å². The molecule has 0 aromatic heterocycles. The number of nitriles is 1. The Kier molecular flexibility index (Phi) is 3.09. The Balaban J connectivity index is 1.61. The smallest absolute Gasteiger partial charge is 0.251 e. The van der Waals surface area contributed by atoms with E-state index in [1.807, 2.05) is 30.3 Å². The fraction of sp³-hybridized carbons (Fsp3) is 0.333. The molecule has 3 unspecified atom stereocenters. The summed E-state index contributed by atoms with van der Waals surface area (Å²) in [5.41, 5.74) is 1.23. The number of fused-ring (bicyclic) bond motifs is 3. The molecule has 2 saturated heterocycles. The average Bonchev–Trinajstić information content (AvgIpc) is 3.16. The van der Waals surface area contributed by atoms with Gasteiger partial charge in [-0.25, -0.2) is 0 Å². The zero-order valence-electron chi connectivity index (χ0n) is 12.2. The normalized spacial score (nSPS) is 26.0. The molecule has 4 nitrogen and oxygen atoms in total. The van der Waals surface area contributed by atoms with Crippen LogP contribution < -0.4 is 10.6 Å². The number of nitrogens with zero attached hydrogens (tertiary/aromatic N) is 1. The third-order valence-corrected chi connectivity index (χ3v) is 4.88. The molecule has 3 atom stereocenters. The molecule has 110 valence electrons. The molecule has 1 amide bonds. The lowest BCUT2D eigenvalue weighted by atomic mass is 9.95. The molecule has 0 aliphatic carbocycles. The van der Waals surface area contributed by atoms with Gasteiger partial charge in [-0.05, 0) is 42.8 Å². The molecule has 2 fully saturated rings. The molecule has 2 aromatic rings. The van der Waals surface area contributed by atoms with Crippen molar-refractivity contribution < 1.29 is 4.79 Å². The van der Waals surface area contributed by atoms with Crippen molar-refractivity contribution >= 4 is 16.7 Å². The quantitative estimate of drug-likeness (QED) is 0.892. The molecule has 22 heavy (non-hydrogen) atoms. The highest BCUT2D eigenvalue weighted by atomic mass is 16.1. The lowest BCUT2D eigenvalue weighted by Gasteiger charge is -2.21. The Morgan fingerprint density at radius 1 is 1.27 bits per heavy atom. The maximum Gasteiger partial charge on any atom is 0.251 e. The molecule has 0 spiro atoms. The number of benzene rings is 2. The van der Waals surface area contributed by atoms with Crippen LogP contribution in [0.5, 0.6) is 0 Å². The number of amides is 1. The number of nitrogens with one attached hydrogen (secondary N) is 2. The van der Waals surface area contributed by atoms with Crippen LogP contribution in [-0.4, -0.2) is 24.0 Å². The predicted octanol–water partition coefficient (Wildman–Crippen LogP) is 2.33. The Morgan fingerprint density at radius 2 is 2.18 bits per heavy atom. The van der Waals surface area contributed by atoms with Gasteiger partial charge in [0.2, 0.25) is 0 Å². The summed E-state index contributed by atoms with van der Waals surface area (Å²) in [6.07, 6.45) is 3.39. The Labute approximate surface area is 129 Å². The number of hydrogen-bond acceptors (Lipinski definition) is 3. The molecule has 2 bridgehead atoms. The van der Waals surface area contributed by atoms with Gasteiger partial charge in [0.1, 0.15) is 0 Å². The van der Waals surface area contributed by atoms with E-state index < -0.39 is 0 Å². The van der Waals surface area contributed by atoms with E-state index in [1.54, 1.807) is 6.07 Å². The van der Waals surface area contributed by atoms with Gasteiger partial charge in [-0.1, -0.05) is 18.2 Å². The van der Waals surface area contributed by atoms with Crippen LogP contribution in [0.1, 0.15) is 35.2 Å². The van der Waals surface area contributed by atoms with Gasteiger partial charge in [-0.3, -0.25) is 4.79 Å². The van der Waals surface area contributed by atoms with E-state index in [0.29, 0.717) is 23.2 Å². The largest absolute Gasteiger partial charge is 0.348 e. The first-order chi connectivity index (χ1) is 10.7. The van der Waals surface area contributed by atoms with Gasteiger partial charge < -0.3 is 10.6 Å². The summed E-state index contributed by atoms with van der Waals surface area (Å²) in [5.74, 6) is -0.0472. The minimum Gasteiger partial charge on any atom is -0.348 e. The van der Waals surface area contributed by atoms with E-state index >= 15 is 0 Å². The second kappa shape index (κ2) is 5.11. The first-order valence-corrected chi connectivity index (χ1v) is 7.74. The maximum atomic E-state index is 12.5. The minimum atomic E-state index is -0.0472. The van der Waals surface area contributed by atoms with Crippen molar-refractivity contribution in [2.45, 2.75) is 37.4 Å². The van der Waals surface area contributed by atoms with Crippen LogP contribution in [0.2, 0.25) is 0 Å². The van der Waals surface area contributed by atoms with Gasteiger partial charge >= 0.3 is 0 Å². The zero-order valence-corrected chi connectivity index (χ0v) is 12.2. The van der Waals surface area contributed by atoms with Gasteiger partial charge in [0.25, 0.3) is 5.91 Å². The summed E-state index contributed by atoms with van der Waals surface area (Å²) in [5, 5.41) is 17.7. The third-order valence-electron chi connectivity index (χ3n) is 4.88. The van der Waals surface area contributed by atoms with E-state index in [9.17, 15) is 10.1 Å². The molecule has 2 N–H and O–H groups in total. The summed E-state index contributed by atoms with van der Waals surface area (Å²) in [4.78, 5) is 12.5. The van der Waals surface area contributed by atoms with Crippen LogP contribution >= 0.6 is 0 Å². The fourth-order valence-corrected chi connectivity index (χ4v) is 3.75. The van der Waals surface area contributed by atoms with Crippen molar-refractivity contribution in [3.8, 4) is 6.07 Å². The molecular weight excluding hydrogens is 274 g/mol. The summed E-state index contributed by atoms with van der Waals surface area (Å²) in [6.45, 7) is 0. The van der Waals surface area contributed by atoms with E-state index in [2.05, 4.69) is 16.7 Å². The SMILES string of the molecule is N#Cc1cccc2ccc(C(=O)NC3CC4CCC3N4)cc12. The molecule has 2 aliphatic rings. The van der Waals surface area contributed by atoms with Gasteiger partial charge in [0, 0.05) is 29.1 Å². The summed E-state index contributed by atoms with van der Waals surface area (Å²) in [6, 6.07) is 14.6. The lowest BCUT2D eigenvalue weighted by molar-refractivity contribution is 0.0931. The van der Waals surface area contributed by atoms with Gasteiger partial charge in [-0.2, -0.15) is 5.26 Å². The highest BCUT2D eigenvalue weighted by molar-refractivity contribution is 6.00. The lowest BCUT2D eigenvalue weighted by Crippen LogP contribution is -2.42. The van der Waals surface area contributed by atoms with Crippen LogP contribution in [0.4, 0.5) is 0 Å². The first-order valence-electron chi connectivity index (χ1n) is 7.74. The zero-order chi connectivity index (χ0) is 15.1. The van der Waals surface area contributed by atoms with Crippen LogP contribution in [0.25, 0.3) is 10.8 Å². The van der Waals surface area contributed by atoms with Crippen LogP contribution in [0, 0.1) is 11.3 Å². The number of carbonyl (C=O) groups is 1. The van der Waals surface area contributed by atoms with E-state index in [0.717, 1.165) is 23.6 Å². The predicted molar refractivity (Wildman–Crippen MR) is 84.5 cm³/mol. The molecular formula is C18H17N3O. The highest BCUT2D eigenvalue weighted by Gasteiger charge is 2.39. The standard InChI is InChI=1S/C18H17N3O/c19-10-13-3-1-2-11-4-5-12(8-15(11)13)18(22)21-17-9-14-6-7-16(17)20-14/h1-5,8,14,16-17,20H,6-7,9H2,(H,21,22). The highest BCUT2D eigenvalue weighted by Crippen LogP contribution is 2.28. The topological polar surface area (TPSA) is 64.9 Å². The van der Waals surface area contributed by atoms with Crippen molar-refractivity contribution in [1.29, 1.82) is 5.26 Å². The van der Waals surface area contributed by atoms with E-state index in [4.69, 9.17) is 0 Å². The third kappa shape index (κ3) is 2.15. The van der Waals surface area contributed by atoms with Crippen LogP contribution in [-0.2, 0) is 0 Å². The van der Waals surface area contributed by atoms with Crippen molar-refractivity contribution in [1.82, 2.24) is 10.6 Å². The average molecular weight is 291 g/mol. The van der Waals surface area contributed by atoms with Crippen molar-refractivity contribution in [3.63, 3.8) is 0 Å². The molecule has 2 aliphatic heterocycles. The molecule has 0 saturated carbocycles. The Morgan fingerprint density at radius 3 is 2.91 bits per heavy atom. The molecule has 0 radical (unpaired) electrons. The van der Waals surface area contributed by atoms with Gasteiger partial charge in [0.15, 0.2) is 0 Å². The van der Waals surface area contributed by atoms with E-state index in [-0.39, 0.29) is 11.9 Å². The maximum absolute atomic E-state index is 12.5. The number of rotatable bonds is 2. The Hall–Kier alpha value is -2.38. The second-order valence-electron chi connectivity index (χ2n) is 6.22. The van der Waals surface area contributed by atoms with Crippen LogP contribution in [0.15, 0.2) is 36.4 Å². The summed E-state index contributed by atoms with van der Waals surface area (Å²) < 4.78 is 0. The first kappa shape index (κ1) is 13.3. The molecule has 4 heteroatoms. The second-order valence-corrected chi connectivity index (χ2v) is 6.22. The molecule has 2 heterocycles. The fourth-order valence-electron chi connectivity index (χ4n) is 3.75. The summed E-state index contributed by atoms with van der Waals surface area (Å²) in [7, 11) is 0.